The van der Waals surface area contributed by atoms with Gasteiger partial charge in [-0.1, -0.05) is 30.3 Å². The van der Waals surface area contributed by atoms with Gasteiger partial charge in [0.1, 0.15) is 36.4 Å². The third-order valence-corrected chi connectivity index (χ3v) is 6.60. The highest BCUT2D eigenvalue weighted by Crippen LogP contribution is 2.40. The van der Waals surface area contributed by atoms with E-state index >= 15 is 0 Å². The normalized spacial score (nSPS) is 21.4. The molecule has 1 aliphatic heterocycles. The fourth-order valence-corrected chi connectivity index (χ4v) is 4.21. The lowest BCUT2D eigenvalue weighted by atomic mass is 9.99. The molecule has 6 N–H and O–H groups in total. The number of aliphatic hydroxyl groups excluding tert-OH is 2. The Morgan fingerprint density at radius 1 is 0.778 bits per heavy atom. The smallest absolute Gasteiger partial charge is 0.331 e. The summed E-state index contributed by atoms with van der Waals surface area (Å²) in [5, 5.41) is 61.5. The zero-order valence-electron chi connectivity index (χ0n) is 23.7. The number of carbonyl (C=O) groups is 3. The van der Waals surface area contributed by atoms with Crippen molar-refractivity contribution in [1.29, 1.82) is 0 Å². The summed E-state index contributed by atoms with van der Waals surface area (Å²) < 4.78 is 21.5. The van der Waals surface area contributed by atoms with Crippen LogP contribution in [-0.2, 0) is 23.8 Å². The van der Waals surface area contributed by atoms with Crippen LogP contribution in [0.4, 0.5) is 0 Å². The second kappa shape index (κ2) is 14.4. The molecule has 1 heterocycles. The van der Waals surface area contributed by atoms with E-state index in [0.29, 0.717) is 11.1 Å². The molecule has 0 bridgehead atoms. The second-order valence-electron chi connectivity index (χ2n) is 9.87. The van der Waals surface area contributed by atoms with Crippen LogP contribution in [0.25, 0.3) is 12.2 Å². The van der Waals surface area contributed by atoms with Gasteiger partial charge in [-0.05, 0) is 59.7 Å². The first-order valence-electron chi connectivity index (χ1n) is 13.5. The molecule has 3 aromatic carbocycles. The minimum absolute atomic E-state index is 0.0201. The summed E-state index contributed by atoms with van der Waals surface area (Å²) in [6.07, 6.45) is -3.32. The fourth-order valence-electron chi connectivity index (χ4n) is 4.21. The van der Waals surface area contributed by atoms with E-state index in [9.17, 15) is 45.0 Å². The molecule has 1 aliphatic rings. The van der Waals surface area contributed by atoms with Crippen molar-refractivity contribution in [3.05, 3.63) is 89.5 Å². The molecule has 13 nitrogen and oxygen atoms in total. The number of phenolic OH excluding ortho intramolecular Hbond substituents is 4. The number of phenols is 4. The zero-order chi connectivity index (χ0) is 32.7. The number of aliphatic hydroxyl groups is 2. The van der Waals surface area contributed by atoms with Gasteiger partial charge < -0.3 is 49.6 Å². The van der Waals surface area contributed by atoms with Gasteiger partial charge in [-0.25, -0.2) is 4.79 Å². The molecule has 4 rings (SSSR count). The van der Waals surface area contributed by atoms with Crippen molar-refractivity contribution in [3.8, 4) is 28.7 Å². The van der Waals surface area contributed by atoms with Crippen LogP contribution in [0.5, 0.6) is 28.7 Å². The lowest BCUT2D eigenvalue weighted by Gasteiger charge is -2.41. The summed E-state index contributed by atoms with van der Waals surface area (Å²) in [6, 6.07) is 14.1. The number of carbonyl (C=O) groups excluding carboxylic acids is 3. The fraction of sp³-hybridized carbons (Fsp3) is 0.219. The molecule has 0 amide bonds. The first-order valence-corrected chi connectivity index (χ1v) is 13.5. The van der Waals surface area contributed by atoms with E-state index in [0.717, 1.165) is 31.2 Å². The van der Waals surface area contributed by atoms with Crippen LogP contribution < -0.4 is 4.74 Å². The van der Waals surface area contributed by atoms with Crippen LogP contribution in [0.3, 0.4) is 0 Å². The number of benzene rings is 3. The van der Waals surface area contributed by atoms with Crippen LogP contribution in [0.2, 0.25) is 0 Å². The number of ether oxygens (including phenoxy) is 4. The maximum atomic E-state index is 12.7. The number of allylic oxidation sites excluding steroid dienone is 1. The molecule has 13 heteroatoms. The molecule has 0 spiro atoms. The quantitative estimate of drug-likeness (QED) is 0.0832. The third kappa shape index (κ3) is 8.38. The minimum Gasteiger partial charge on any atom is -0.508 e. The van der Waals surface area contributed by atoms with E-state index in [2.05, 4.69) is 0 Å². The average Bonchev–Trinajstić information content (AvgIpc) is 3.01. The first kappa shape index (κ1) is 32.5. The zero-order valence-corrected chi connectivity index (χ0v) is 23.7. The molecule has 0 radical (unpaired) electrons. The summed E-state index contributed by atoms with van der Waals surface area (Å²) in [7, 11) is 0. The van der Waals surface area contributed by atoms with Gasteiger partial charge >= 0.3 is 11.9 Å². The van der Waals surface area contributed by atoms with Crippen LogP contribution in [-0.4, -0.2) is 85.7 Å². The molecule has 45 heavy (non-hydrogen) atoms. The number of esters is 2. The Kier molecular flexibility index (Phi) is 10.4. The van der Waals surface area contributed by atoms with Gasteiger partial charge in [-0.15, -0.1) is 0 Å². The Balaban J connectivity index is 1.55. The Labute approximate surface area is 256 Å². The summed E-state index contributed by atoms with van der Waals surface area (Å²) >= 11 is 0. The van der Waals surface area contributed by atoms with E-state index in [1.807, 2.05) is 0 Å². The molecule has 0 unspecified atom stereocenters. The van der Waals surface area contributed by atoms with Gasteiger partial charge in [-0.3, -0.25) is 9.59 Å². The van der Waals surface area contributed by atoms with Gasteiger partial charge in [0.2, 0.25) is 12.0 Å². The van der Waals surface area contributed by atoms with Gasteiger partial charge in [-0.2, -0.15) is 0 Å². The summed E-state index contributed by atoms with van der Waals surface area (Å²) in [5.41, 5.74) is 0.833. The molecule has 236 valence electrons. The molecule has 5 atom stereocenters. The summed E-state index contributed by atoms with van der Waals surface area (Å²) in [4.78, 5) is 36.7. The van der Waals surface area contributed by atoms with Crippen LogP contribution in [0.15, 0.2) is 72.8 Å². The highest BCUT2D eigenvalue weighted by atomic mass is 16.7. The summed E-state index contributed by atoms with van der Waals surface area (Å²) in [6.45, 7) is 0.612. The van der Waals surface area contributed by atoms with E-state index in [-0.39, 0.29) is 17.1 Å². The number of ketones is 1. The molecular weight excluding hydrogens is 592 g/mol. The third-order valence-electron chi connectivity index (χ3n) is 6.60. The number of rotatable bonds is 10. The van der Waals surface area contributed by atoms with E-state index < -0.39 is 72.3 Å². The van der Waals surface area contributed by atoms with Crippen LogP contribution in [0, 0.1) is 0 Å². The highest BCUT2D eigenvalue weighted by Gasteiger charge is 2.48. The lowest BCUT2D eigenvalue weighted by molar-refractivity contribution is -0.282. The number of hydrogen-bond acceptors (Lipinski definition) is 13. The largest absolute Gasteiger partial charge is 0.508 e. The van der Waals surface area contributed by atoms with Crippen molar-refractivity contribution >= 4 is 29.9 Å². The summed E-state index contributed by atoms with van der Waals surface area (Å²) in [5.74, 6) is -4.46. The Bertz CT molecular complexity index is 1580. The monoisotopic (exact) mass is 622 g/mol. The maximum Gasteiger partial charge on any atom is 0.331 e. The van der Waals surface area contributed by atoms with Crippen molar-refractivity contribution in [3.63, 3.8) is 0 Å². The van der Waals surface area contributed by atoms with Gasteiger partial charge in [0.05, 0.1) is 5.56 Å². The molecule has 0 saturated carbocycles. The van der Waals surface area contributed by atoms with Crippen LogP contribution in [0.1, 0.15) is 28.4 Å². The second-order valence-corrected chi connectivity index (χ2v) is 9.87. The molecular formula is C32H30O13. The lowest BCUT2D eigenvalue weighted by Crippen LogP contribution is -2.61. The van der Waals surface area contributed by atoms with Gasteiger partial charge in [0.25, 0.3) is 0 Å². The molecule has 3 aromatic rings. The van der Waals surface area contributed by atoms with Crippen molar-refractivity contribution in [2.45, 2.75) is 37.6 Å². The number of aromatic hydroxyl groups is 4. The van der Waals surface area contributed by atoms with E-state index in [4.69, 9.17) is 18.9 Å². The predicted molar refractivity (Wildman–Crippen MR) is 156 cm³/mol. The predicted octanol–water partition coefficient (Wildman–Crippen LogP) is 2.42. The highest BCUT2D eigenvalue weighted by molar-refractivity contribution is 6.09. The standard InChI is InChI=1S/C32H30O13/c1-17(33)42-16-25-29(40)30(41)31(45-26(37)15-7-19-4-10-21(35)11-5-19)32(44-25)43-24-14-12-22(27(38)28(24)39)23(36)13-6-18-2-8-20(34)9-3-18/h2-15,25,29-32,34-35,38-41H,16H2,1H3/b13-6+,15-7+/t25-,29+,30-,31+,32+/m0/s1. The maximum absolute atomic E-state index is 12.7. The van der Waals surface area contributed by atoms with Crippen molar-refractivity contribution < 1.29 is 64.0 Å². The molecule has 1 saturated heterocycles. The first-order chi connectivity index (χ1) is 21.4. The molecule has 0 aromatic heterocycles. The Morgan fingerprint density at radius 3 is 1.93 bits per heavy atom. The Hall–Kier alpha value is -5.37. The average molecular weight is 623 g/mol. The van der Waals surface area contributed by atoms with Gasteiger partial charge in [0, 0.05) is 13.0 Å². The van der Waals surface area contributed by atoms with Crippen molar-refractivity contribution in [1.82, 2.24) is 0 Å². The molecule has 0 aliphatic carbocycles. The van der Waals surface area contributed by atoms with Crippen molar-refractivity contribution in [2.75, 3.05) is 6.61 Å². The Morgan fingerprint density at radius 2 is 1.36 bits per heavy atom. The number of hydrogen-bond donors (Lipinski definition) is 6. The topological polar surface area (TPSA) is 210 Å². The molecule has 1 fully saturated rings. The van der Waals surface area contributed by atoms with Crippen LogP contribution >= 0.6 is 0 Å². The van der Waals surface area contributed by atoms with Gasteiger partial charge in [0.15, 0.2) is 23.4 Å². The van der Waals surface area contributed by atoms with E-state index in [1.165, 1.54) is 48.6 Å². The minimum atomic E-state index is -1.82. The van der Waals surface area contributed by atoms with Crippen molar-refractivity contribution in [2.24, 2.45) is 0 Å². The van der Waals surface area contributed by atoms with E-state index in [1.54, 1.807) is 12.1 Å². The SMILES string of the molecule is CC(=O)OC[C@@H]1O[C@@H](Oc2ccc(C(=O)/C=C/c3ccc(O)cc3)c(O)c2O)[C@H](OC(=O)/C=C/c2ccc(O)cc2)[C@@H](O)[C@@H]1O.